The largest absolute Gasteiger partial charge is 0.592 e. The number of hydrogen-bond acceptors (Lipinski definition) is 2. The van der Waals surface area contributed by atoms with Gasteiger partial charge in [0.1, 0.15) is 0 Å². The molecule has 1 heterocycles. The Morgan fingerprint density at radius 2 is 2.62 bits per heavy atom. The molecule has 1 atom stereocenters. The molecule has 1 unspecified atom stereocenters. The van der Waals surface area contributed by atoms with Crippen molar-refractivity contribution < 1.29 is 4.55 Å². The summed E-state index contributed by atoms with van der Waals surface area (Å²) in [6.07, 6.45) is 1.75. The molecule has 4 heteroatoms. The van der Waals surface area contributed by atoms with Crippen LogP contribution in [0.1, 0.15) is 0 Å². The standard InChI is InChI=1S/C4H6ClNOS/c1-6-3-2-4(5)8(6)7/h2H,3H2,1H3. The van der Waals surface area contributed by atoms with E-state index < -0.39 is 11.4 Å². The van der Waals surface area contributed by atoms with E-state index in [2.05, 4.69) is 0 Å². The van der Waals surface area contributed by atoms with Gasteiger partial charge in [-0.3, -0.25) is 0 Å². The van der Waals surface area contributed by atoms with Gasteiger partial charge in [-0.05, 0) is 11.6 Å². The fourth-order valence-corrected chi connectivity index (χ4v) is 1.64. The van der Waals surface area contributed by atoms with Crippen molar-refractivity contribution >= 4 is 23.0 Å². The fraction of sp³-hybridized carbons (Fsp3) is 0.500. The van der Waals surface area contributed by atoms with Gasteiger partial charge in [0.15, 0.2) is 0 Å². The third-order valence-corrected chi connectivity index (χ3v) is 2.72. The smallest absolute Gasteiger partial charge is 0.238 e. The molecular formula is C4H6ClNOS. The number of rotatable bonds is 0. The predicted octanol–water partition coefficient (Wildman–Crippen LogP) is 0.676. The maximum atomic E-state index is 10.7. The molecule has 0 aromatic rings. The molecule has 0 saturated heterocycles. The van der Waals surface area contributed by atoms with Crippen LogP contribution in [-0.4, -0.2) is 22.5 Å². The summed E-state index contributed by atoms with van der Waals surface area (Å²) in [5.41, 5.74) is 0. The second-order valence-corrected chi connectivity index (χ2v) is 3.76. The van der Waals surface area contributed by atoms with Crippen LogP contribution in [0, 0.1) is 0 Å². The predicted molar refractivity (Wildman–Crippen MR) is 34.7 cm³/mol. The van der Waals surface area contributed by atoms with Crippen LogP contribution in [-0.2, 0) is 11.4 Å². The quantitative estimate of drug-likeness (QED) is 0.476. The van der Waals surface area contributed by atoms with E-state index in [1.807, 2.05) is 0 Å². The SMILES string of the molecule is CN1CC=C(Cl)[S+]1[O-]. The molecule has 0 amide bonds. The van der Waals surface area contributed by atoms with E-state index in [1.54, 1.807) is 17.4 Å². The lowest BCUT2D eigenvalue weighted by atomic mass is 10.6. The minimum atomic E-state index is -1.05. The van der Waals surface area contributed by atoms with Gasteiger partial charge in [-0.1, -0.05) is 0 Å². The Kier molecular flexibility index (Phi) is 1.82. The van der Waals surface area contributed by atoms with Crippen molar-refractivity contribution in [2.75, 3.05) is 13.6 Å². The summed E-state index contributed by atoms with van der Waals surface area (Å²) in [5.74, 6) is 0. The molecule has 1 aliphatic heterocycles. The summed E-state index contributed by atoms with van der Waals surface area (Å²) in [5, 5.41) is 0. The molecule has 8 heavy (non-hydrogen) atoms. The van der Waals surface area contributed by atoms with Gasteiger partial charge in [0.2, 0.25) is 4.36 Å². The van der Waals surface area contributed by atoms with E-state index in [9.17, 15) is 4.55 Å². The lowest BCUT2D eigenvalue weighted by molar-refractivity contribution is 0.517. The molecule has 1 aliphatic rings. The molecule has 0 aliphatic carbocycles. The Bertz CT molecular complexity index is 127. The molecule has 0 radical (unpaired) electrons. The van der Waals surface area contributed by atoms with Crippen molar-refractivity contribution in [1.29, 1.82) is 0 Å². The van der Waals surface area contributed by atoms with Crippen LogP contribution in [0.15, 0.2) is 10.4 Å². The van der Waals surface area contributed by atoms with Crippen LogP contribution >= 0.6 is 11.6 Å². The molecular weight excluding hydrogens is 146 g/mol. The van der Waals surface area contributed by atoms with E-state index in [4.69, 9.17) is 11.6 Å². The molecule has 0 aromatic carbocycles. The maximum Gasteiger partial charge on any atom is 0.238 e. The number of nitrogens with zero attached hydrogens (tertiary/aromatic N) is 1. The van der Waals surface area contributed by atoms with Gasteiger partial charge in [-0.2, -0.15) is 0 Å². The molecule has 0 aromatic heterocycles. The van der Waals surface area contributed by atoms with Crippen molar-refractivity contribution in [2.45, 2.75) is 0 Å². The van der Waals surface area contributed by atoms with E-state index in [0.717, 1.165) is 0 Å². The zero-order valence-corrected chi connectivity index (χ0v) is 6.00. The first kappa shape index (κ1) is 6.42. The molecule has 0 N–H and O–H groups in total. The summed E-state index contributed by atoms with van der Waals surface area (Å²) < 4.78 is 12.9. The Morgan fingerprint density at radius 3 is 2.75 bits per heavy atom. The Hall–Kier alpha value is 0.300. The molecule has 2 nitrogen and oxygen atoms in total. The lowest BCUT2D eigenvalue weighted by Gasteiger charge is -2.09. The molecule has 1 rings (SSSR count). The van der Waals surface area contributed by atoms with Gasteiger partial charge >= 0.3 is 0 Å². The van der Waals surface area contributed by atoms with Crippen LogP contribution in [0.25, 0.3) is 0 Å². The number of likely N-dealkylation sites (N-methyl/N-ethyl adjacent to an activating group) is 1. The molecule has 0 saturated carbocycles. The molecule has 0 spiro atoms. The van der Waals surface area contributed by atoms with Crippen molar-refractivity contribution in [3.63, 3.8) is 0 Å². The van der Waals surface area contributed by atoms with Gasteiger partial charge < -0.3 is 4.55 Å². The summed E-state index contributed by atoms with van der Waals surface area (Å²) in [7, 11) is 1.77. The minimum absolute atomic E-state index is 0.451. The van der Waals surface area contributed by atoms with E-state index in [1.165, 1.54) is 0 Å². The Morgan fingerprint density at radius 1 is 2.00 bits per heavy atom. The van der Waals surface area contributed by atoms with Gasteiger partial charge in [-0.25, -0.2) is 0 Å². The summed E-state index contributed by atoms with van der Waals surface area (Å²) >= 11 is 4.42. The first-order chi connectivity index (χ1) is 3.72. The van der Waals surface area contributed by atoms with E-state index in [-0.39, 0.29) is 0 Å². The maximum absolute atomic E-state index is 10.7. The zero-order chi connectivity index (χ0) is 6.15. The monoisotopic (exact) mass is 151 g/mol. The second-order valence-electron chi connectivity index (χ2n) is 1.57. The van der Waals surface area contributed by atoms with Gasteiger partial charge in [0.25, 0.3) is 0 Å². The van der Waals surface area contributed by atoms with Gasteiger partial charge in [-0.15, -0.1) is 4.31 Å². The number of hydrogen-bond donors (Lipinski definition) is 0. The van der Waals surface area contributed by atoms with E-state index in [0.29, 0.717) is 10.9 Å². The van der Waals surface area contributed by atoms with Crippen molar-refractivity contribution in [3.05, 3.63) is 10.4 Å². The summed E-state index contributed by atoms with van der Waals surface area (Å²) in [6, 6.07) is 0. The minimum Gasteiger partial charge on any atom is -0.592 e. The molecule has 46 valence electrons. The zero-order valence-electron chi connectivity index (χ0n) is 4.43. The van der Waals surface area contributed by atoms with Crippen LogP contribution in [0.3, 0.4) is 0 Å². The number of halogens is 1. The van der Waals surface area contributed by atoms with Crippen molar-refractivity contribution in [2.24, 2.45) is 0 Å². The Labute approximate surface area is 56.4 Å². The highest BCUT2D eigenvalue weighted by Gasteiger charge is 2.24. The van der Waals surface area contributed by atoms with Crippen LogP contribution in [0.4, 0.5) is 0 Å². The molecule has 0 bridgehead atoms. The highest BCUT2D eigenvalue weighted by atomic mass is 35.5. The first-order valence-corrected chi connectivity index (χ1v) is 3.69. The highest BCUT2D eigenvalue weighted by molar-refractivity contribution is 7.94. The van der Waals surface area contributed by atoms with Crippen molar-refractivity contribution in [3.8, 4) is 0 Å². The fourth-order valence-electron chi connectivity index (χ4n) is 0.488. The van der Waals surface area contributed by atoms with Crippen molar-refractivity contribution in [1.82, 2.24) is 4.31 Å². The normalized spacial score (nSPS) is 30.9. The van der Waals surface area contributed by atoms with Gasteiger partial charge in [0.05, 0.1) is 17.9 Å². The molecule has 0 fully saturated rings. The van der Waals surface area contributed by atoms with Crippen LogP contribution in [0.5, 0.6) is 0 Å². The average molecular weight is 152 g/mol. The second kappa shape index (κ2) is 2.27. The first-order valence-electron chi connectivity index (χ1n) is 2.20. The average Bonchev–Trinajstić information content (AvgIpc) is 1.98. The third-order valence-electron chi connectivity index (χ3n) is 0.959. The summed E-state index contributed by atoms with van der Waals surface area (Å²) in [6.45, 7) is 0.700. The van der Waals surface area contributed by atoms with Crippen LogP contribution < -0.4 is 0 Å². The van der Waals surface area contributed by atoms with Crippen LogP contribution in [0.2, 0.25) is 0 Å². The third kappa shape index (κ3) is 1.00. The Balaban J connectivity index is 2.59. The summed E-state index contributed by atoms with van der Waals surface area (Å²) in [4.78, 5) is 0. The lowest BCUT2D eigenvalue weighted by Crippen LogP contribution is -2.20. The van der Waals surface area contributed by atoms with Gasteiger partial charge in [0, 0.05) is 13.1 Å². The topological polar surface area (TPSA) is 26.3 Å². The van der Waals surface area contributed by atoms with E-state index >= 15 is 0 Å². The highest BCUT2D eigenvalue weighted by Crippen LogP contribution is 2.20.